The van der Waals surface area contributed by atoms with Gasteiger partial charge >= 0.3 is 19.5 Å². The van der Waals surface area contributed by atoms with E-state index in [1.54, 1.807) is 6.08 Å². The molecule has 0 radical (unpaired) electrons. The van der Waals surface area contributed by atoms with Crippen molar-refractivity contribution in [3.05, 3.63) is 11.5 Å². The second kappa shape index (κ2) is 5.28. The molecule has 1 unspecified atom stereocenters. The van der Waals surface area contributed by atoms with Crippen LogP contribution in [-0.2, 0) is 35.9 Å². The second-order valence-corrected chi connectivity index (χ2v) is 1.89. The molecule has 0 saturated heterocycles. The van der Waals surface area contributed by atoms with E-state index in [0.717, 1.165) is 0 Å². The van der Waals surface area contributed by atoms with E-state index in [2.05, 4.69) is 4.40 Å². The Morgan fingerprint density at radius 2 is 2.12 bits per heavy atom. The van der Waals surface area contributed by atoms with Gasteiger partial charge in [-0.05, 0) is 6.08 Å². The minimum atomic E-state index is -1.03. The van der Waals surface area contributed by atoms with Gasteiger partial charge in [-0.15, -0.1) is 0 Å². The van der Waals surface area contributed by atoms with E-state index in [1.165, 1.54) is 11.6 Å². The van der Waals surface area contributed by atoms with Crippen LogP contribution in [0.15, 0.2) is 15.9 Å². The number of allylic oxidation sites excluding steroid dienone is 1. The van der Waals surface area contributed by atoms with Gasteiger partial charge in [0, 0.05) is 11.6 Å². The van der Waals surface area contributed by atoms with Crippen LogP contribution < -0.4 is 0 Å². The zero-order valence-electron chi connectivity index (χ0n) is 4.11. The summed E-state index contributed by atoms with van der Waals surface area (Å²) in [6.45, 7) is 0. The van der Waals surface area contributed by atoms with Crippen LogP contribution in [0.1, 0.15) is 0 Å². The van der Waals surface area contributed by atoms with Gasteiger partial charge in [0.25, 0.3) is 0 Å². The van der Waals surface area contributed by atoms with Gasteiger partial charge in [-0.25, -0.2) is 4.21 Å². The Balaban J connectivity index is 0. The summed E-state index contributed by atoms with van der Waals surface area (Å²) in [4.78, 5) is 0. The second-order valence-electron chi connectivity index (χ2n) is 0.859. The van der Waals surface area contributed by atoms with Crippen molar-refractivity contribution in [3.63, 3.8) is 0 Å². The first-order chi connectivity index (χ1) is 2.89. The minimum absolute atomic E-state index is 0. The van der Waals surface area contributed by atoms with Crippen LogP contribution in [0.4, 0.5) is 0 Å². The molecule has 5 heteroatoms. The first kappa shape index (κ1) is 11.0. The molecule has 1 aliphatic rings. The number of rotatable bonds is 0. The molecule has 1 atom stereocenters. The quantitative estimate of drug-likeness (QED) is 0.491. The molecular weight excluding hydrogens is 179 g/mol. The molecular formula is C3H3NO2SZn. The summed E-state index contributed by atoms with van der Waals surface area (Å²) in [5.41, 5.74) is 0. The van der Waals surface area contributed by atoms with E-state index < -0.39 is 11.0 Å². The molecule has 40 valence electrons. The summed E-state index contributed by atoms with van der Waals surface area (Å²) < 4.78 is 13.5. The van der Waals surface area contributed by atoms with E-state index in [9.17, 15) is 4.21 Å². The van der Waals surface area contributed by atoms with Crippen molar-refractivity contribution in [1.82, 2.24) is 0 Å². The average Bonchev–Trinajstić information content (AvgIpc) is 1.86. The van der Waals surface area contributed by atoms with Crippen molar-refractivity contribution in [2.75, 3.05) is 0 Å². The van der Waals surface area contributed by atoms with Crippen LogP contribution in [0.5, 0.6) is 0 Å². The molecule has 1 rings (SSSR count). The van der Waals surface area contributed by atoms with Crippen LogP contribution in [-0.4, -0.2) is 10.4 Å². The molecule has 0 aromatic heterocycles. The van der Waals surface area contributed by atoms with Gasteiger partial charge in [0.15, 0.2) is 11.0 Å². The minimum Gasteiger partial charge on any atom is -2.00 e. The summed E-state index contributed by atoms with van der Waals surface area (Å²) in [5, 5.41) is 1.53. The van der Waals surface area contributed by atoms with Crippen LogP contribution in [0.25, 0.3) is 0 Å². The molecule has 1 aliphatic heterocycles. The average molecular weight is 183 g/mol. The fourth-order valence-electron chi connectivity index (χ4n) is 0.233. The smallest absolute Gasteiger partial charge is 2.00 e. The summed E-state index contributed by atoms with van der Waals surface area (Å²) in [6.07, 6.45) is 3.19. The molecule has 0 amide bonds. The van der Waals surface area contributed by atoms with Gasteiger partial charge in [-0.1, -0.05) is 0 Å². The molecule has 0 N–H and O–H groups in total. The summed E-state index contributed by atoms with van der Waals surface area (Å²) in [5.74, 6) is 0. The van der Waals surface area contributed by atoms with E-state index in [4.69, 9.17) is 0 Å². The van der Waals surface area contributed by atoms with E-state index in [0.29, 0.717) is 0 Å². The van der Waals surface area contributed by atoms with Gasteiger partial charge in [0.1, 0.15) is 0 Å². The van der Waals surface area contributed by atoms with Gasteiger partial charge in [0.05, 0.1) is 0 Å². The Morgan fingerprint density at radius 1 is 1.50 bits per heavy atom. The maximum atomic E-state index is 10.1. The Kier molecular flexibility index (Phi) is 7.27. The maximum absolute atomic E-state index is 10.1. The molecule has 0 spiro atoms. The molecule has 1 heterocycles. The summed E-state index contributed by atoms with van der Waals surface area (Å²) >= 11 is 0. The fourth-order valence-corrected chi connectivity index (χ4v) is 0.698. The predicted molar refractivity (Wildman–Crippen MR) is 26.5 cm³/mol. The van der Waals surface area contributed by atoms with E-state index >= 15 is 0 Å². The van der Waals surface area contributed by atoms with Crippen LogP contribution in [0, 0.1) is 0 Å². The third kappa shape index (κ3) is 3.18. The summed E-state index contributed by atoms with van der Waals surface area (Å²) in [6, 6.07) is 0. The van der Waals surface area contributed by atoms with Gasteiger partial charge < -0.3 is 5.48 Å². The molecule has 0 bridgehead atoms. The zero-order valence-corrected chi connectivity index (χ0v) is 7.89. The molecule has 0 fully saturated rings. The Labute approximate surface area is 62.5 Å². The topological polar surface area (TPSA) is 57.9 Å². The number of hydrogen-bond donors (Lipinski definition) is 0. The van der Waals surface area contributed by atoms with Crippen molar-refractivity contribution in [2.45, 2.75) is 0 Å². The third-order valence-corrected chi connectivity index (χ3v) is 1.17. The maximum Gasteiger partial charge on any atom is 2.00 e. The number of hydrogen-bond acceptors (Lipinski definition) is 1. The normalized spacial score (nSPS) is 21.8. The Hall–Kier alpha value is 0.143. The SMILES string of the molecule is O=S1C=CC=N1.[O-2].[Zn+2]. The first-order valence-corrected chi connectivity index (χ1v) is 2.68. The first-order valence-electron chi connectivity index (χ1n) is 1.51. The molecule has 0 aromatic carbocycles. The summed E-state index contributed by atoms with van der Waals surface area (Å²) in [7, 11) is -1.03. The van der Waals surface area contributed by atoms with E-state index in [1.807, 2.05) is 0 Å². The monoisotopic (exact) mass is 181 g/mol. The molecule has 0 aromatic rings. The zero-order chi connectivity index (χ0) is 4.41. The van der Waals surface area contributed by atoms with Crippen molar-refractivity contribution in [2.24, 2.45) is 4.40 Å². The van der Waals surface area contributed by atoms with Crippen molar-refractivity contribution < 1.29 is 29.2 Å². The van der Waals surface area contributed by atoms with Crippen molar-refractivity contribution in [1.29, 1.82) is 0 Å². The Bertz CT molecular complexity index is 119. The van der Waals surface area contributed by atoms with Crippen LogP contribution >= 0.6 is 0 Å². The standard InChI is InChI=1S/C3H3NOS.O.Zn/c5-6-3-1-2-4-6;;/h1-3H;;/q;-2;+2. The largest absolute Gasteiger partial charge is 2.00 e. The van der Waals surface area contributed by atoms with E-state index in [-0.39, 0.29) is 25.0 Å². The van der Waals surface area contributed by atoms with Crippen LogP contribution in [0.3, 0.4) is 0 Å². The number of nitrogens with zero attached hydrogens (tertiary/aromatic N) is 1. The predicted octanol–water partition coefficient (Wildman–Crippen LogP) is 0.127. The molecule has 8 heavy (non-hydrogen) atoms. The molecule has 3 nitrogen and oxygen atoms in total. The third-order valence-electron chi connectivity index (χ3n) is 0.446. The van der Waals surface area contributed by atoms with Crippen molar-refractivity contribution in [3.8, 4) is 0 Å². The molecule has 0 aliphatic carbocycles. The Morgan fingerprint density at radius 3 is 2.25 bits per heavy atom. The van der Waals surface area contributed by atoms with Gasteiger partial charge in [0.2, 0.25) is 0 Å². The fraction of sp³-hybridized carbons (Fsp3) is 0. The van der Waals surface area contributed by atoms with Crippen LogP contribution in [0.2, 0.25) is 0 Å². The van der Waals surface area contributed by atoms with Gasteiger partial charge in [-0.3, -0.25) is 0 Å². The molecule has 0 saturated carbocycles. The van der Waals surface area contributed by atoms with Crippen molar-refractivity contribution >= 4 is 17.2 Å². The van der Waals surface area contributed by atoms with Gasteiger partial charge in [-0.2, -0.15) is 4.40 Å².